The zero-order valence-electron chi connectivity index (χ0n) is 17.2. The number of fused-ring (bicyclic) bond motifs is 3. The van der Waals surface area contributed by atoms with Gasteiger partial charge in [0.15, 0.2) is 0 Å². The van der Waals surface area contributed by atoms with Crippen molar-refractivity contribution in [2.75, 3.05) is 25.4 Å². The first-order chi connectivity index (χ1) is 14.7. The number of halogens is 1. The molecule has 4 rings (SSSR count). The van der Waals surface area contributed by atoms with Crippen LogP contribution in [0, 0.1) is 5.82 Å². The van der Waals surface area contributed by atoms with Gasteiger partial charge in [-0.15, -0.1) is 11.3 Å². The van der Waals surface area contributed by atoms with Crippen molar-refractivity contribution in [3.05, 3.63) is 30.3 Å². The smallest absolute Gasteiger partial charge is 0.230 e. The Balaban J connectivity index is 1.29. The molecule has 0 bridgehead atoms. The first-order valence-corrected chi connectivity index (χ1v) is 12.4. The van der Waals surface area contributed by atoms with Crippen LogP contribution in [0.2, 0.25) is 0 Å². The van der Waals surface area contributed by atoms with E-state index in [-0.39, 0.29) is 11.7 Å². The van der Waals surface area contributed by atoms with Crippen LogP contribution in [-0.2, 0) is 4.79 Å². The van der Waals surface area contributed by atoms with E-state index >= 15 is 0 Å². The lowest BCUT2D eigenvalue weighted by atomic mass is 10.00. The van der Waals surface area contributed by atoms with Gasteiger partial charge in [0.25, 0.3) is 0 Å². The summed E-state index contributed by atoms with van der Waals surface area (Å²) >= 11 is 2.85. The largest absolute Gasteiger partial charge is 0.355 e. The van der Waals surface area contributed by atoms with Gasteiger partial charge < -0.3 is 10.2 Å². The van der Waals surface area contributed by atoms with Crippen LogP contribution < -0.4 is 5.32 Å². The number of piperidine rings is 1. The first-order valence-electron chi connectivity index (χ1n) is 10.6. The number of rotatable bonds is 8. The molecule has 1 N–H and O–H groups in total. The summed E-state index contributed by atoms with van der Waals surface area (Å²) in [7, 11) is 0. The molecular formula is C22H27FN4OS2. The van der Waals surface area contributed by atoms with Crippen molar-refractivity contribution in [2.45, 2.75) is 50.1 Å². The average Bonchev–Trinajstić information content (AvgIpc) is 3.16. The Morgan fingerprint density at radius 3 is 3.13 bits per heavy atom. The normalized spacial score (nSPS) is 17.6. The number of carbonyl (C=O) groups is 1. The fraction of sp³-hybridized carbons (Fsp3) is 0.500. The molecule has 1 atom stereocenters. The maximum atomic E-state index is 14.2. The van der Waals surface area contributed by atoms with Crippen LogP contribution in [0.3, 0.4) is 0 Å². The topological polar surface area (TPSA) is 58.1 Å². The maximum absolute atomic E-state index is 14.2. The number of hydrogen-bond acceptors (Lipinski definition) is 6. The Labute approximate surface area is 184 Å². The lowest BCUT2D eigenvalue weighted by Crippen LogP contribution is -2.40. The standard InChI is InChI=1S/C22H27FN4OS2/c1-2-15-7-3-4-11-27(15)12-6-10-24-18(28)13-29-22-21-20(25-14-26-22)19-16(23)8-5-9-17(19)30-21/h5,8-9,14-15H,2-4,6-7,10-13H2,1H3,(H,24,28)/t15-/m0/s1. The van der Waals surface area contributed by atoms with Crippen molar-refractivity contribution in [3.8, 4) is 0 Å². The number of carbonyl (C=O) groups excluding carboxylic acids is 1. The number of nitrogens with zero attached hydrogens (tertiary/aromatic N) is 3. The molecule has 30 heavy (non-hydrogen) atoms. The zero-order chi connectivity index (χ0) is 20.9. The van der Waals surface area contributed by atoms with E-state index < -0.39 is 0 Å². The predicted octanol–water partition coefficient (Wildman–Crippen LogP) is 4.85. The lowest BCUT2D eigenvalue weighted by molar-refractivity contribution is -0.118. The summed E-state index contributed by atoms with van der Waals surface area (Å²) in [6.45, 7) is 5.18. The van der Waals surface area contributed by atoms with Crippen LogP contribution in [0.5, 0.6) is 0 Å². The number of amides is 1. The third-order valence-electron chi connectivity index (χ3n) is 5.70. The second-order valence-electron chi connectivity index (χ2n) is 7.66. The Morgan fingerprint density at radius 1 is 1.37 bits per heavy atom. The number of likely N-dealkylation sites (tertiary alicyclic amines) is 1. The summed E-state index contributed by atoms with van der Waals surface area (Å²) in [6.07, 6.45) is 7.55. The van der Waals surface area contributed by atoms with Gasteiger partial charge in [-0.05, 0) is 44.4 Å². The van der Waals surface area contributed by atoms with Crippen molar-refractivity contribution in [1.29, 1.82) is 0 Å². The van der Waals surface area contributed by atoms with E-state index in [0.29, 0.717) is 29.2 Å². The van der Waals surface area contributed by atoms with Crippen molar-refractivity contribution in [2.24, 2.45) is 0 Å². The molecule has 0 spiro atoms. The van der Waals surface area contributed by atoms with Crippen molar-refractivity contribution in [3.63, 3.8) is 0 Å². The molecule has 1 aromatic carbocycles. The van der Waals surface area contributed by atoms with Crippen LogP contribution in [0.25, 0.3) is 20.3 Å². The minimum atomic E-state index is -0.273. The highest BCUT2D eigenvalue weighted by Gasteiger charge is 2.20. The van der Waals surface area contributed by atoms with Crippen LogP contribution >= 0.6 is 23.1 Å². The third-order valence-corrected chi connectivity index (χ3v) is 7.97. The minimum absolute atomic E-state index is 0.00439. The molecule has 0 radical (unpaired) electrons. The van der Waals surface area contributed by atoms with Gasteiger partial charge in [-0.2, -0.15) is 0 Å². The van der Waals surface area contributed by atoms with Gasteiger partial charge in [0, 0.05) is 23.8 Å². The number of aromatic nitrogens is 2. The third kappa shape index (κ3) is 4.76. The second-order valence-corrected chi connectivity index (χ2v) is 9.67. The maximum Gasteiger partial charge on any atom is 0.230 e. The second kappa shape index (κ2) is 10.0. The predicted molar refractivity (Wildman–Crippen MR) is 123 cm³/mol. The summed E-state index contributed by atoms with van der Waals surface area (Å²) < 4.78 is 15.9. The van der Waals surface area contributed by atoms with Crippen molar-refractivity contribution < 1.29 is 9.18 Å². The summed E-state index contributed by atoms with van der Waals surface area (Å²) in [4.78, 5) is 23.5. The van der Waals surface area contributed by atoms with Gasteiger partial charge in [-0.3, -0.25) is 4.79 Å². The van der Waals surface area contributed by atoms with Gasteiger partial charge in [0.05, 0.1) is 21.4 Å². The van der Waals surface area contributed by atoms with E-state index in [1.54, 1.807) is 6.07 Å². The summed E-state index contributed by atoms with van der Waals surface area (Å²) in [5.41, 5.74) is 0.623. The Hall–Kier alpha value is -1.77. The molecule has 160 valence electrons. The zero-order valence-corrected chi connectivity index (χ0v) is 18.8. The van der Waals surface area contributed by atoms with Crippen LogP contribution in [0.1, 0.15) is 39.0 Å². The molecular weight excluding hydrogens is 419 g/mol. The molecule has 8 heteroatoms. The fourth-order valence-electron chi connectivity index (χ4n) is 4.17. The van der Waals surface area contributed by atoms with E-state index in [1.165, 1.54) is 67.7 Å². The van der Waals surface area contributed by atoms with E-state index in [2.05, 4.69) is 27.1 Å². The van der Waals surface area contributed by atoms with Gasteiger partial charge in [0.2, 0.25) is 5.91 Å². The van der Waals surface area contributed by atoms with Gasteiger partial charge in [-0.1, -0.05) is 31.2 Å². The molecule has 2 aromatic heterocycles. The monoisotopic (exact) mass is 446 g/mol. The Bertz CT molecular complexity index is 1020. The number of benzene rings is 1. The molecule has 0 aliphatic carbocycles. The first kappa shape index (κ1) is 21.5. The lowest BCUT2D eigenvalue weighted by Gasteiger charge is -2.35. The van der Waals surface area contributed by atoms with Gasteiger partial charge in [0.1, 0.15) is 17.2 Å². The van der Waals surface area contributed by atoms with Crippen molar-refractivity contribution in [1.82, 2.24) is 20.2 Å². The van der Waals surface area contributed by atoms with Gasteiger partial charge >= 0.3 is 0 Å². The van der Waals surface area contributed by atoms with E-state index in [1.807, 2.05) is 6.07 Å². The molecule has 1 aliphatic heterocycles. The Kier molecular flexibility index (Phi) is 7.17. The molecule has 3 aromatic rings. The van der Waals surface area contributed by atoms with Crippen LogP contribution in [0.15, 0.2) is 29.6 Å². The molecule has 1 fully saturated rings. The molecule has 1 saturated heterocycles. The molecule has 5 nitrogen and oxygen atoms in total. The summed E-state index contributed by atoms with van der Waals surface area (Å²) in [6, 6.07) is 5.74. The highest BCUT2D eigenvalue weighted by atomic mass is 32.2. The van der Waals surface area contributed by atoms with Gasteiger partial charge in [-0.25, -0.2) is 14.4 Å². The highest BCUT2D eigenvalue weighted by molar-refractivity contribution is 8.00. The molecule has 1 amide bonds. The number of thioether (sulfide) groups is 1. The van der Waals surface area contributed by atoms with Crippen molar-refractivity contribution >= 4 is 49.3 Å². The molecule has 1 aliphatic rings. The SMILES string of the molecule is CC[C@H]1CCCCN1CCCNC(=O)CSc1ncnc2c1sc1cccc(F)c12. The van der Waals surface area contributed by atoms with Crippen LogP contribution in [-0.4, -0.2) is 52.2 Å². The van der Waals surface area contributed by atoms with E-state index in [0.717, 1.165) is 27.4 Å². The number of hydrogen-bond donors (Lipinski definition) is 1. The average molecular weight is 447 g/mol. The molecule has 0 saturated carbocycles. The quantitative estimate of drug-likeness (QED) is 0.305. The number of nitrogens with one attached hydrogen (secondary N) is 1. The van der Waals surface area contributed by atoms with Crippen LogP contribution in [0.4, 0.5) is 4.39 Å². The highest BCUT2D eigenvalue weighted by Crippen LogP contribution is 2.38. The van der Waals surface area contributed by atoms with E-state index in [9.17, 15) is 9.18 Å². The summed E-state index contributed by atoms with van der Waals surface area (Å²) in [5, 5.41) is 4.29. The fourth-order valence-corrected chi connectivity index (χ4v) is 6.25. The number of thiophene rings is 1. The van der Waals surface area contributed by atoms with E-state index in [4.69, 9.17) is 0 Å². The molecule has 0 unspecified atom stereocenters. The Morgan fingerprint density at radius 2 is 2.27 bits per heavy atom. The minimum Gasteiger partial charge on any atom is -0.355 e. The summed E-state index contributed by atoms with van der Waals surface area (Å²) in [5.74, 6) is 0.0272. The molecule has 3 heterocycles.